The number of nitrogens with one attached hydrogen (secondary N) is 1. The molecule has 0 aliphatic rings. The molecule has 1 atom stereocenters. The number of hydrogen-bond donors (Lipinski definition) is 1. The quantitative estimate of drug-likeness (QED) is 0.306. The van der Waals surface area contributed by atoms with E-state index in [4.69, 9.17) is 9.47 Å². The van der Waals surface area contributed by atoms with Gasteiger partial charge in [0.25, 0.3) is 10.0 Å². The highest BCUT2D eigenvalue weighted by Gasteiger charge is 2.34. The molecule has 226 valence electrons. The Balaban J connectivity index is 2.09. The summed E-state index contributed by atoms with van der Waals surface area (Å²) in [5.74, 6) is -1.00. The van der Waals surface area contributed by atoms with Crippen LogP contribution in [-0.4, -0.2) is 58.0 Å². The summed E-state index contributed by atoms with van der Waals surface area (Å²) < 4.78 is 53.4. The molecule has 2 amide bonds. The van der Waals surface area contributed by atoms with Crippen molar-refractivity contribution >= 4 is 27.5 Å². The zero-order valence-electron chi connectivity index (χ0n) is 24.8. The number of carbonyl (C=O) groups excluding carboxylic acids is 2. The maximum atomic E-state index is 14.1. The molecule has 9 nitrogen and oxygen atoms in total. The summed E-state index contributed by atoms with van der Waals surface area (Å²) in [5.41, 5.74) is 1.89. The average molecular weight is 600 g/mol. The van der Waals surface area contributed by atoms with Crippen LogP contribution in [0.25, 0.3) is 0 Å². The SMILES string of the molecule is CC[C@H](C(=O)NC(C)C)N(Cc1ccc(C)cc1)C(=O)CN(c1ccc(F)cc1)S(=O)(=O)c1ccc(OC)c(OC)c1. The van der Waals surface area contributed by atoms with E-state index in [-0.39, 0.29) is 34.8 Å². The highest BCUT2D eigenvalue weighted by atomic mass is 32.2. The Kier molecular flexibility index (Phi) is 10.9. The minimum Gasteiger partial charge on any atom is -0.493 e. The van der Waals surface area contributed by atoms with E-state index in [9.17, 15) is 22.4 Å². The van der Waals surface area contributed by atoms with Crippen molar-refractivity contribution in [1.82, 2.24) is 10.2 Å². The number of nitrogens with zero attached hydrogens (tertiary/aromatic N) is 2. The molecule has 0 fully saturated rings. The Morgan fingerprint density at radius 2 is 1.55 bits per heavy atom. The van der Waals surface area contributed by atoms with Crippen molar-refractivity contribution in [2.45, 2.75) is 57.6 Å². The highest BCUT2D eigenvalue weighted by Crippen LogP contribution is 2.32. The van der Waals surface area contributed by atoms with Crippen LogP contribution in [0, 0.1) is 12.7 Å². The molecule has 0 spiro atoms. The summed E-state index contributed by atoms with van der Waals surface area (Å²) >= 11 is 0. The normalized spacial score (nSPS) is 12.0. The zero-order chi connectivity index (χ0) is 31.0. The molecular weight excluding hydrogens is 561 g/mol. The number of ether oxygens (including phenoxy) is 2. The second kappa shape index (κ2) is 14.2. The van der Waals surface area contributed by atoms with Gasteiger partial charge in [-0.1, -0.05) is 36.8 Å². The van der Waals surface area contributed by atoms with Crippen LogP contribution in [0.2, 0.25) is 0 Å². The Bertz CT molecular complexity index is 1480. The standard InChI is InChI=1S/C31H38FN3O6S/c1-7-27(31(37)33-21(2)3)34(19-23-10-8-22(4)9-11-23)30(36)20-35(25-14-12-24(32)13-15-25)42(38,39)26-16-17-28(40-5)29(18-26)41-6/h8-18,21,27H,7,19-20H2,1-6H3,(H,33,37)/t27-/m1/s1. The zero-order valence-corrected chi connectivity index (χ0v) is 25.6. The second-order valence-corrected chi connectivity index (χ2v) is 12.0. The minimum absolute atomic E-state index is 0.0782. The number of carbonyl (C=O) groups is 2. The molecule has 0 aliphatic carbocycles. The highest BCUT2D eigenvalue weighted by molar-refractivity contribution is 7.92. The lowest BCUT2D eigenvalue weighted by atomic mass is 10.1. The molecule has 0 aliphatic heterocycles. The lowest BCUT2D eigenvalue weighted by molar-refractivity contribution is -0.140. The van der Waals surface area contributed by atoms with Crippen LogP contribution in [0.5, 0.6) is 11.5 Å². The summed E-state index contributed by atoms with van der Waals surface area (Å²) in [7, 11) is -1.57. The Morgan fingerprint density at radius 1 is 0.929 bits per heavy atom. The molecule has 0 saturated carbocycles. The van der Waals surface area contributed by atoms with E-state index in [0.717, 1.165) is 27.6 Å². The Hall–Kier alpha value is -4.12. The molecule has 3 rings (SSSR count). The van der Waals surface area contributed by atoms with Crippen LogP contribution in [0.15, 0.2) is 71.6 Å². The predicted octanol–water partition coefficient (Wildman–Crippen LogP) is 4.68. The number of rotatable bonds is 13. The summed E-state index contributed by atoms with van der Waals surface area (Å²) in [6, 6.07) is 15.4. The molecule has 0 unspecified atom stereocenters. The number of methoxy groups -OCH3 is 2. The second-order valence-electron chi connectivity index (χ2n) is 10.1. The van der Waals surface area contributed by atoms with Gasteiger partial charge in [-0.3, -0.25) is 13.9 Å². The van der Waals surface area contributed by atoms with E-state index in [1.807, 2.05) is 45.0 Å². The molecule has 0 aromatic heterocycles. The largest absolute Gasteiger partial charge is 0.493 e. The van der Waals surface area contributed by atoms with Crippen LogP contribution in [-0.2, 0) is 26.2 Å². The third-order valence-electron chi connectivity index (χ3n) is 6.63. The summed E-state index contributed by atoms with van der Waals surface area (Å²) in [4.78, 5) is 28.5. The van der Waals surface area contributed by atoms with Gasteiger partial charge in [0.2, 0.25) is 11.8 Å². The molecule has 11 heteroatoms. The maximum absolute atomic E-state index is 14.1. The van der Waals surface area contributed by atoms with Gasteiger partial charge in [-0.05, 0) is 69.2 Å². The first-order valence-electron chi connectivity index (χ1n) is 13.6. The van der Waals surface area contributed by atoms with Gasteiger partial charge in [-0.15, -0.1) is 0 Å². The molecule has 3 aromatic rings. The summed E-state index contributed by atoms with van der Waals surface area (Å²) in [5, 5.41) is 2.86. The van der Waals surface area contributed by atoms with Crippen LogP contribution in [0.4, 0.5) is 10.1 Å². The van der Waals surface area contributed by atoms with Gasteiger partial charge in [0.05, 0.1) is 24.8 Å². The maximum Gasteiger partial charge on any atom is 0.264 e. The number of hydrogen-bond acceptors (Lipinski definition) is 6. The van der Waals surface area contributed by atoms with Crippen molar-refractivity contribution in [3.63, 3.8) is 0 Å². The molecule has 0 bridgehead atoms. The van der Waals surface area contributed by atoms with Gasteiger partial charge < -0.3 is 19.7 Å². The first kappa shape index (κ1) is 32.4. The van der Waals surface area contributed by atoms with Gasteiger partial charge in [0.15, 0.2) is 11.5 Å². The smallest absolute Gasteiger partial charge is 0.264 e. The number of anilines is 1. The average Bonchev–Trinajstić information content (AvgIpc) is 2.96. The first-order chi connectivity index (χ1) is 19.9. The monoisotopic (exact) mass is 599 g/mol. The summed E-state index contributed by atoms with van der Waals surface area (Å²) in [6.45, 7) is 6.82. The molecule has 1 N–H and O–H groups in total. The topological polar surface area (TPSA) is 105 Å². The van der Waals surface area contributed by atoms with Gasteiger partial charge in [-0.25, -0.2) is 12.8 Å². The van der Waals surface area contributed by atoms with Gasteiger partial charge >= 0.3 is 0 Å². The summed E-state index contributed by atoms with van der Waals surface area (Å²) in [6.07, 6.45) is 0.301. The van der Waals surface area contributed by atoms with Crippen LogP contribution in [0.1, 0.15) is 38.3 Å². The number of amides is 2. The third-order valence-corrected chi connectivity index (χ3v) is 8.40. The lowest BCUT2D eigenvalue weighted by Gasteiger charge is -2.33. The Labute approximate surface area is 247 Å². The number of sulfonamides is 1. The van der Waals surface area contributed by atoms with E-state index in [0.29, 0.717) is 12.2 Å². The third kappa shape index (κ3) is 7.79. The fourth-order valence-corrected chi connectivity index (χ4v) is 5.86. The molecule has 42 heavy (non-hydrogen) atoms. The molecular formula is C31H38FN3O6S. The molecule has 0 heterocycles. The van der Waals surface area contributed by atoms with E-state index in [1.165, 1.54) is 49.5 Å². The van der Waals surface area contributed by atoms with Crippen molar-refractivity contribution in [3.05, 3.63) is 83.7 Å². The van der Waals surface area contributed by atoms with E-state index in [1.54, 1.807) is 6.92 Å². The minimum atomic E-state index is -4.38. The van der Waals surface area contributed by atoms with E-state index < -0.39 is 34.3 Å². The lowest BCUT2D eigenvalue weighted by Crippen LogP contribution is -2.53. The van der Waals surface area contributed by atoms with Crippen molar-refractivity contribution in [3.8, 4) is 11.5 Å². The Morgan fingerprint density at radius 3 is 2.10 bits per heavy atom. The first-order valence-corrected chi connectivity index (χ1v) is 15.0. The van der Waals surface area contributed by atoms with Gasteiger partial charge in [0.1, 0.15) is 18.4 Å². The van der Waals surface area contributed by atoms with Crippen LogP contribution in [0.3, 0.4) is 0 Å². The van der Waals surface area contributed by atoms with Crippen molar-refractivity contribution < 1.29 is 31.9 Å². The van der Waals surface area contributed by atoms with E-state index >= 15 is 0 Å². The van der Waals surface area contributed by atoms with E-state index in [2.05, 4.69) is 5.32 Å². The fraction of sp³-hybridized carbons (Fsp3) is 0.355. The fourth-order valence-electron chi connectivity index (χ4n) is 4.43. The molecule has 0 saturated heterocycles. The van der Waals surface area contributed by atoms with Gasteiger partial charge in [0, 0.05) is 18.7 Å². The van der Waals surface area contributed by atoms with Crippen molar-refractivity contribution in [1.29, 1.82) is 0 Å². The van der Waals surface area contributed by atoms with Gasteiger partial charge in [-0.2, -0.15) is 0 Å². The molecule has 3 aromatic carbocycles. The molecule has 0 radical (unpaired) electrons. The number of halogens is 1. The predicted molar refractivity (Wildman–Crippen MR) is 160 cm³/mol. The number of benzene rings is 3. The number of aryl methyl sites for hydroxylation is 1. The van der Waals surface area contributed by atoms with Crippen LogP contribution >= 0.6 is 0 Å². The van der Waals surface area contributed by atoms with Crippen molar-refractivity contribution in [2.75, 3.05) is 25.1 Å². The van der Waals surface area contributed by atoms with Crippen LogP contribution < -0.4 is 19.1 Å². The van der Waals surface area contributed by atoms with Crippen molar-refractivity contribution in [2.24, 2.45) is 0 Å².